The van der Waals surface area contributed by atoms with Crippen LogP contribution >= 0.6 is 0 Å². The molecule has 0 radical (unpaired) electrons. The monoisotopic (exact) mass is 343 g/mol. The van der Waals surface area contributed by atoms with E-state index in [0.717, 1.165) is 16.5 Å². The van der Waals surface area contributed by atoms with Gasteiger partial charge in [-0.05, 0) is 25.1 Å². The maximum absolute atomic E-state index is 13.0. The lowest BCUT2D eigenvalue weighted by molar-refractivity contribution is 0.0950. The zero-order valence-corrected chi connectivity index (χ0v) is 14.3. The average molecular weight is 343 g/mol. The highest BCUT2D eigenvalue weighted by atomic mass is 16.3. The van der Waals surface area contributed by atoms with Crippen LogP contribution in [0.4, 0.5) is 0 Å². The predicted molar refractivity (Wildman–Crippen MR) is 99.6 cm³/mol. The number of hydrogen-bond donors (Lipinski definition) is 1. The van der Waals surface area contributed by atoms with Crippen molar-refractivity contribution in [1.82, 2.24) is 15.5 Å². The van der Waals surface area contributed by atoms with Crippen molar-refractivity contribution in [2.24, 2.45) is 0 Å². The highest BCUT2D eigenvalue weighted by Gasteiger charge is 2.19. The zero-order chi connectivity index (χ0) is 17.9. The average Bonchev–Trinajstić information content (AvgIpc) is 3.19. The fraction of sp³-hybridized carbons (Fsp3) is 0.0952. The van der Waals surface area contributed by atoms with Crippen molar-refractivity contribution in [1.29, 1.82) is 0 Å². The Morgan fingerprint density at radius 2 is 1.81 bits per heavy atom. The number of fused-ring (bicyclic) bond motifs is 1. The number of carbonyl (C=O) groups is 1. The molecule has 0 spiro atoms. The van der Waals surface area contributed by atoms with Crippen LogP contribution in [0.15, 0.2) is 71.3 Å². The van der Waals surface area contributed by atoms with Gasteiger partial charge < -0.3 is 9.73 Å². The summed E-state index contributed by atoms with van der Waals surface area (Å²) in [6, 6.07) is 19.0. The van der Waals surface area contributed by atoms with E-state index >= 15 is 0 Å². The van der Waals surface area contributed by atoms with Gasteiger partial charge in [0.15, 0.2) is 0 Å². The van der Waals surface area contributed by atoms with Crippen LogP contribution in [0.3, 0.4) is 0 Å². The van der Waals surface area contributed by atoms with E-state index < -0.39 is 0 Å². The molecule has 2 heterocycles. The SMILES string of the molecule is Cc1ccc(-c2nnc3ccccc3c2C(=O)NCc2ccco2)cc1. The second kappa shape index (κ2) is 6.80. The molecular weight excluding hydrogens is 326 g/mol. The first-order valence-electron chi connectivity index (χ1n) is 8.35. The molecule has 0 atom stereocenters. The van der Waals surface area contributed by atoms with Gasteiger partial charge in [0.2, 0.25) is 0 Å². The number of nitrogens with zero attached hydrogens (tertiary/aromatic N) is 2. The minimum atomic E-state index is -0.205. The first kappa shape index (κ1) is 16.0. The number of aromatic nitrogens is 2. The van der Waals surface area contributed by atoms with E-state index in [1.165, 1.54) is 0 Å². The Balaban J connectivity index is 1.80. The molecule has 4 aromatic rings. The maximum Gasteiger partial charge on any atom is 0.254 e. The molecule has 0 aliphatic rings. The molecule has 1 amide bonds. The number of hydrogen-bond acceptors (Lipinski definition) is 4. The molecule has 0 saturated heterocycles. The third kappa shape index (κ3) is 3.07. The highest BCUT2D eigenvalue weighted by Crippen LogP contribution is 2.27. The van der Waals surface area contributed by atoms with E-state index in [4.69, 9.17) is 4.42 Å². The number of carbonyl (C=O) groups excluding carboxylic acids is 1. The zero-order valence-electron chi connectivity index (χ0n) is 14.3. The predicted octanol–water partition coefficient (Wildman–Crippen LogP) is 4.13. The molecule has 128 valence electrons. The van der Waals surface area contributed by atoms with Crippen molar-refractivity contribution in [3.05, 3.63) is 83.8 Å². The van der Waals surface area contributed by atoms with Gasteiger partial charge in [-0.15, -0.1) is 10.2 Å². The second-order valence-electron chi connectivity index (χ2n) is 6.07. The lowest BCUT2D eigenvalue weighted by atomic mass is 10.0. The van der Waals surface area contributed by atoms with Gasteiger partial charge in [-0.1, -0.05) is 48.0 Å². The van der Waals surface area contributed by atoms with Crippen molar-refractivity contribution >= 4 is 16.8 Å². The van der Waals surface area contributed by atoms with Gasteiger partial charge in [-0.25, -0.2) is 0 Å². The van der Waals surface area contributed by atoms with E-state index in [1.807, 2.05) is 61.5 Å². The number of nitrogens with one attached hydrogen (secondary N) is 1. The number of amides is 1. The van der Waals surface area contributed by atoms with Crippen LogP contribution in [0.5, 0.6) is 0 Å². The van der Waals surface area contributed by atoms with Crippen LogP contribution in [0.1, 0.15) is 21.7 Å². The Hall–Kier alpha value is -3.47. The first-order chi connectivity index (χ1) is 12.7. The van der Waals surface area contributed by atoms with Crippen LogP contribution < -0.4 is 5.32 Å². The Kier molecular flexibility index (Phi) is 4.19. The van der Waals surface area contributed by atoms with Gasteiger partial charge in [-0.2, -0.15) is 0 Å². The lowest BCUT2D eigenvalue weighted by Gasteiger charge is -2.11. The highest BCUT2D eigenvalue weighted by molar-refractivity contribution is 6.10. The molecule has 26 heavy (non-hydrogen) atoms. The lowest BCUT2D eigenvalue weighted by Crippen LogP contribution is -2.24. The largest absolute Gasteiger partial charge is 0.467 e. The summed E-state index contributed by atoms with van der Waals surface area (Å²) in [5, 5.41) is 12.3. The van der Waals surface area contributed by atoms with Crippen LogP contribution in [0.25, 0.3) is 22.2 Å². The summed E-state index contributed by atoms with van der Waals surface area (Å²) in [7, 11) is 0. The summed E-state index contributed by atoms with van der Waals surface area (Å²) in [6.45, 7) is 2.34. The topological polar surface area (TPSA) is 68.0 Å². The van der Waals surface area contributed by atoms with E-state index in [9.17, 15) is 4.79 Å². The summed E-state index contributed by atoms with van der Waals surface area (Å²) >= 11 is 0. The van der Waals surface area contributed by atoms with Gasteiger partial charge in [0.1, 0.15) is 11.5 Å². The third-order valence-corrected chi connectivity index (χ3v) is 4.22. The van der Waals surface area contributed by atoms with Crippen molar-refractivity contribution in [3.63, 3.8) is 0 Å². The van der Waals surface area contributed by atoms with Crippen LogP contribution in [0.2, 0.25) is 0 Å². The quantitative estimate of drug-likeness (QED) is 0.605. The fourth-order valence-corrected chi connectivity index (χ4v) is 2.87. The van der Waals surface area contributed by atoms with Crippen LogP contribution in [-0.2, 0) is 6.54 Å². The number of rotatable bonds is 4. The van der Waals surface area contributed by atoms with E-state index in [1.54, 1.807) is 12.3 Å². The first-order valence-corrected chi connectivity index (χ1v) is 8.35. The molecule has 0 unspecified atom stereocenters. The van der Waals surface area contributed by atoms with Crippen molar-refractivity contribution in [2.45, 2.75) is 13.5 Å². The van der Waals surface area contributed by atoms with Crippen molar-refractivity contribution < 1.29 is 9.21 Å². The smallest absolute Gasteiger partial charge is 0.254 e. The van der Waals surface area contributed by atoms with E-state index in [2.05, 4.69) is 15.5 Å². The Bertz CT molecular complexity index is 1050. The Morgan fingerprint density at radius 3 is 2.58 bits per heavy atom. The molecule has 1 N–H and O–H groups in total. The molecule has 0 aliphatic heterocycles. The second-order valence-corrected chi connectivity index (χ2v) is 6.07. The van der Waals surface area contributed by atoms with Crippen molar-refractivity contribution in [2.75, 3.05) is 0 Å². The molecule has 4 rings (SSSR count). The third-order valence-electron chi connectivity index (χ3n) is 4.22. The Morgan fingerprint density at radius 1 is 1.00 bits per heavy atom. The summed E-state index contributed by atoms with van der Waals surface area (Å²) < 4.78 is 5.29. The van der Waals surface area contributed by atoms with E-state index in [-0.39, 0.29) is 5.91 Å². The molecule has 2 aromatic carbocycles. The molecule has 0 aliphatic carbocycles. The fourth-order valence-electron chi connectivity index (χ4n) is 2.87. The number of furan rings is 1. The molecule has 5 heteroatoms. The van der Waals surface area contributed by atoms with Gasteiger partial charge >= 0.3 is 0 Å². The van der Waals surface area contributed by atoms with Crippen LogP contribution in [-0.4, -0.2) is 16.1 Å². The van der Waals surface area contributed by atoms with Crippen LogP contribution in [0, 0.1) is 6.92 Å². The Labute approximate surface area is 150 Å². The minimum absolute atomic E-state index is 0.205. The van der Waals surface area contributed by atoms with Crippen molar-refractivity contribution in [3.8, 4) is 11.3 Å². The molecule has 0 fully saturated rings. The maximum atomic E-state index is 13.0. The summed E-state index contributed by atoms with van der Waals surface area (Å²) in [6.07, 6.45) is 1.59. The number of benzene rings is 2. The standard InChI is InChI=1S/C21H17N3O2/c1-14-8-10-15(11-9-14)20-19(17-6-2-3-7-18(17)23-24-20)21(25)22-13-16-5-4-12-26-16/h2-12H,13H2,1H3,(H,22,25). The molecule has 0 bridgehead atoms. The normalized spacial score (nSPS) is 10.8. The molecule has 2 aromatic heterocycles. The molecule has 0 saturated carbocycles. The molecular formula is C21H17N3O2. The summed E-state index contributed by atoms with van der Waals surface area (Å²) in [5.74, 6) is 0.490. The van der Waals surface area contributed by atoms with E-state index in [0.29, 0.717) is 29.1 Å². The summed E-state index contributed by atoms with van der Waals surface area (Å²) in [4.78, 5) is 13.0. The summed E-state index contributed by atoms with van der Waals surface area (Å²) in [5.41, 5.74) is 3.78. The van der Waals surface area contributed by atoms with Gasteiger partial charge in [0, 0.05) is 10.9 Å². The van der Waals surface area contributed by atoms with Gasteiger partial charge in [0.05, 0.1) is 23.9 Å². The molecule has 5 nitrogen and oxygen atoms in total. The van der Waals surface area contributed by atoms with Gasteiger partial charge in [-0.3, -0.25) is 4.79 Å². The minimum Gasteiger partial charge on any atom is -0.467 e. The number of aryl methyl sites for hydroxylation is 1. The van der Waals surface area contributed by atoms with Gasteiger partial charge in [0.25, 0.3) is 5.91 Å².